The maximum Gasteiger partial charge on any atom is 0.327 e. The third-order valence-corrected chi connectivity index (χ3v) is 4.93. The van der Waals surface area contributed by atoms with E-state index in [1.807, 2.05) is 0 Å². The van der Waals surface area contributed by atoms with E-state index in [9.17, 15) is 18.3 Å². The Bertz CT molecular complexity index is 714. The van der Waals surface area contributed by atoms with Crippen LogP contribution < -0.4 is 4.31 Å². The minimum atomic E-state index is -3.95. The fraction of sp³-hybridized carbons (Fsp3) is 0.133. The number of hydrogen-bond acceptors (Lipinski definition) is 3. The van der Waals surface area contributed by atoms with E-state index in [0.717, 1.165) is 4.31 Å². The highest BCUT2D eigenvalue weighted by Gasteiger charge is 2.32. The second-order valence-electron chi connectivity index (χ2n) is 4.46. The lowest BCUT2D eigenvalue weighted by molar-refractivity contribution is -0.137. The van der Waals surface area contributed by atoms with Crippen molar-refractivity contribution in [3.8, 4) is 0 Å². The predicted octanol–water partition coefficient (Wildman–Crippen LogP) is 2.36. The zero-order chi connectivity index (χ0) is 15.5. The van der Waals surface area contributed by atoms with E-state index in [-0.39, 0.29) is 4.90 Å². The van der Waals surface area contributed by atoms with Gasteiger partial charge in [0.05, 0.1) is 10.6 Å². The first-order valence-corrected chi connectivity index (χ1v) is 7.76. The summed E-state index contributed by atoms with van der Waals surface area (Å²) in [5, 5.41) is 9.22. The van der Waals surface area contributed by atoms with Crippen LogP contribution in [0.2, 0.25) is 0 Å². The number of anilines is 1. The number of hydrogen-bond donors (Lipinski definition) is 1. The van der Waals surface area contributed by atoms with E-state index in [0.29, 0.717) is 5.69 Å². The molecule has 0 saturated heterocycles. The average Bonchev–Trinajstić information content (AvgIpc) is 2.49. The second kappa shape index (κ2) is 5.97. The summed E-state index contributed by atoms with van der Waals surface area (Å²) in [6, 6.07) is 14.8. The van der Waals surface area contributed by atoms with Crippen LogP contribution in [0.5, 0.6) is 0 Å². The van der Waals surface area contributed by atoms with Gasteiger partial charge in [0.15, 0.2) is 0 Å². The number of nitrogens with zero attached hydrogens (tertiary/aromatic N) is 1. The molecule has 0 aliphatic rings. The highest BCUT2D eigenvalue weighted by molar-refractivity contribution is 7.92. The Hall–Kier alpha value is -2.34. The fourth-order valence-electron chi connectivity index (χ4n) is 1.95. The average molecular weight is 305 g/mol. The quantitative estimate of drug-likeness (QED) is 0.920. The van der Waals surface area contributed by atoms with Gasteiger partial charge in [0.2, 0.25) is 0 Å². The normalized spacial score (nSPS) is 12.6. The third kappa shape index (κ3) is 3.05. The number of para-hydroxylation sites is 1. The van der Waals surface area contributed by atoms with E-state index >= 15 is 0 Å². The molecule has 1 N–H and O–H groups in total. The lowest BCUT2D eigenvalue weighted by Gasteiger charge is -2.27. The van der Waals surface area contributed by atoms with Crippen LogP contribution in [0.15, 0.2) is 65.6 Å². The van der Waals surface area contributed by atoms with Gasteiger partial charge >= 0.3 is 5.97 Å². The van der Waals surface area contributed by atoms with Crippen LogP contribution in [-0.2, 0) is 14.8 Å². The predicted molar refractivity (Wildman–Crippen MR) is 79.6 cm³/mol. The summed E-state index contributed by atoms with van der Waals surface area (Å²) in [6.07, 6.45) is 0. The monoisotopic (exact) mass is 305 g/mol. The lowest BCUT2D eigenvalue weighted by Crippen LogP contribution is -2.43. The van der Waals surface area contributed by atoms with Gasteiger partial charge in [-0.25, -0.2) is 13.2 Å². The van der Waals surface area contributed by atoms with Crippen molar-refractivity contribution in [1.29, 1.82) is 0 Å². The molecule has 0 amide bonds. The van der Waals surface area contributed by atoms with Crippen molar-refractivity contribution in [3.05, 3.63) is 60.7 Å². The molecule has 6 heteroatoms. The summed E-state index contributed by atoms with van der Waals surface area (Å²) >= 11 is 0. The topological polar surface area (TPSA) is 74.7 Å². The number of carbonyl (C=O) groups is 1. The molecule has 0 radical (unpaired) electrons. The number of carboxylic acids is 1. The molecule has 0 aliphatic carbocycles. The Balaban J connectivity index is 2.58. The summed E-state index contributed by atoms with van der Waals surface area (Å²) in [5.41, 5.74) is 0.316. The zero-order valence-electron chi connectivity index (χ0n) is 11.4. The van der Waals surface area contributed by atoms with Gasteiger partial charge in [0.25, 0.3) is 10.0 Å². The molecular weight excluding hydrogens is 290 g/mol. The van der Waals surface area contributed by atoms with Gasteiger partial charge in [-0.05, 0) is 31.2 Å². The van der Waals surface area contributed by atoms with Crippen molar-refractivity contribution >= 4 is 21.7 Å². The van der Waals surface area contributed by atoms with Crippen molar-refractivity contribution in [2.45, 2.75) is 17.9 Å². The number of aliphatic carboxylic acids is 1. The molecular formula is C15H15NO4S. The molecule has 2 aromatic carbocycles. The Kier molecular flexibility index (Phi) is 4.28. The van der Waals surface area contributed by atoms with Crippen molar-refractivity contribution in [1.82, 2.24) is 0 Å². The van der Waals surface area contributed by atoms with Gasteiger partial charge in [0.1, 0.15) is 6.04 Å². The van der Waals surface area contributed by atoms with Gasteiger partial charge in [-0.15, -0.1) is 0 Å². The third-order valence-electron chi connectivity index (χ3n) is 3.02. The van der Waals surface area contributed by atoms with Crippen LogP contribution in [0.4, 0.5) is 5.69 Å². The lowest BCUT2D eigenvalue weighted by atomic mass is 10.2. The van der Waals surface area contributed by atoms with Crippen LogP contribution in [-0.4, -0.2) is 25.5 Å². The molecule has 21 heavy (non-hydrogen) atoms. The van der Waals surface area contributed by atoms with E-state index in [1.165, 1.54) is 19.1 Å². The minimum Gasteiger partial charge on any atom is -0.480 e. The number of benzene rings is 2. The van der Waals surface area contributed by atoms with Crippen molar-refractivity contribution in [2.75, 3.05) is 4.31 Å². The molecule has 2 rings (SSSR count). The first kappa shape index (κ1) is 15.1. The highest BCUT2D eigenvalue weighted by Crippen LogP contribution is 2.25. The van der Waals surface area contributed by atoms with Crippen LogP contribution in [0.1, 0.15) is 6.92 Å². The molecule has 0 spiro atoms. The molecule has 0 fully saturated rings. The molecule has 110 valence electrons. The van der Waals surface area contributed by atoms with E-state index < -0.39 is 22.0 Å². The number of rotatable bonds is 5. The molecule has 0 heterocycles. The van der Waals surface area contributed by atoms with Gasteiger partial charge in [-0.2, -0.15) is 0 Å². The fourth-order valence-corrected chi connectivity index (χ4v) is 3.59. The summed E-state index contributed by atoms with van der Waals surface area (Å²) < 4.78 is 26.4. The Morgan fingerprint density at radius 1 is 1.00 bits per heavy atom. The number of carboxylic acid groups (broad SMARTS) is 1. The zero-order valence-corrected chi connectivity index (χ0v) is 12.2. The van der Waals surface area contributed by atoms with E-state index in [1.54, 1.807) is 48.5 Å². The Morgan fingerprint density at radius 2 is 1.48 bits per heavy atom. The molecule has 0 aliphatic heterocycles. The van der Waals surface area contributed by atoms with Gasteiger partial charge in [0, 0.05) is 0 Å². The molecule has 1 unspecified atom stereocenters. The van der Waals surface area contributed by atoms with Gasteiger partial charge in [-0.1, -0.05) is 36.4 Å². The summed E-state index contributed by atoms with van der Waals surface area (Å²) in [7, 11) is -3.95. The molecule has 1 atom stereocenters. The Labute approximate surface area is 123 Å². The van der Waals surface area contributed by atoms with Crippen molar-refractivity contribution in [2.24, 2.45) is 0 Å². The van der Waals surface area contributed by atoms with E-state index in [2.05, 4.69) is 0 Å². The minimum absolute atomic E-state index is 0.0574. The molecule has 0 aromatic heterocycles. The standard InChI is InChI=1S/C15H15NO4S/c1-12(15(17)18)16(13-8-4-2-5-9-13)21(19,20)14-10-6-3-7-11-14/h2-12H,1H3,(H,17,18). The first-order chi connectivity index (χ1) is 9.94. The summed E-state index contributed by atoms with van der Waals surface area (Å²) in [5.74, 6) is -1.21. The van der Waals surface area contributed by atoms with Crippen LogP contribution >= 0.6 is 0 Å². The van der Waals surface area contributed by atoms with Crippen LogP contribution in [0.25, 0.3) is 0 Å². The van der Waals surface area contributed by atoms with Crippen LogP contribution in [0.3, 0.4) is 0 Å². The van der Waals surface area contributed by atoms with Crippen molar-refractivity contribution < 1.29 is 18.3 Å². The molecule has 2 aromatic rings. The molecule has 0 saturated carbocycles. The molecule has 0 bridgehead atoms. The van der Waals surface area contributed by atoms with E-state index in [4.69, 9.17) is 0 Å². The Morgan fingerprint density at radius 3 is 1.95 bits per heavy atom. The van der Waals surface area contributed by atoms with Crippen LogP contribution in [0, 0.1) is 0 Å². The molecule has 5 nitrogen and oxygen atoms in total. The maximum absolute atomic E-state index is 12.7. The van der Waals surface area contributed by atoms with Gasteiger partial charge in [-0.3, -0.25) is 4.31 Å². The first-order valence-electron chi connectivity index (χ1n) is 6.32. The summed E-state index contributed by atoms with van der Waals surface area (Å²) in [6.45, 7) is 1.34. The largest absolute Gasteiger partial charge is 0.480 e. The smallest absolute Gasteiger partial charge is 0.327 e. The van der Waals surface area contributed by atoms with Crippen molar-refractivity contribution in [3.63, 3.8) is 0 Å². The highest BCUT2D eigenvalue weighted by atomic mass is 32.2. The summed E-state index contributed by atoms with van der Waals surface area (Å²) in [4.78, 5) is 11.3. The number of sulfonamides is 1. The second-order valence-corrected chi connectivity index (χ2v) is 6.28. The maximum atomic E-state index is 12.7. The SMILES string of the molecule is CC(C(=O)O)N(c1ccccc1)S(=O)(=O)c1ccccc1. The van der Waals surface area contributed by atoms with Gasteiger partial charge < -0.3 is 5.11 Å².